The maximum Gasteiger partial charge on any atom is 0.317 e. The Balaban J connectivity index is 1.83. The van der Waals surface area contributed by atoms with Crippen LogP contribution in [0.25, 0.3) is 0 Å². The van der Waals surface area contributed by atoms with E-state index in [2.05, 4.69) is 35.4 Å². The Hall–Kier alpha value is -1.08. The zero-order valence-corrected chi connectivity index (χ0v) is 14.0. The number of morpholine rings is 1. The van der Waals surface area contributed by atoms with Crippen LogP contribution in [0.3, 0.4) is 0 Å². The molecule has 1 aliphatic heterocycles. The summed E-state index contributed by atoms with van der Waals surface area (Å²) in [7, 11) is 1.82. The molecular weight excluding hydrogens is 300 g/mol. The summed E-state index contributed by atoms with van der Waals surface area (Å²) in [5, 5.41) is 8.81. The van der Waals surface area contributed by atoms with E-state index in [0.717, 1.165) is 19.6 Å². The third kappa shape index (κ3) is 5.61. The normalized spacial score (nSPS) is 19.5. The molecule has 0 amide bonds. The maximum atomic E-state index is 10.7. The fourth-order valence-corrected chi connectivity index (χ4v) is 3.07. The topological polar surface area (TPSA) is 53.0 Å². The third-order valence-electron chi connectivity index (χ3n) is 3.71. The van der Waals surface area contributed by atoms with E-state index in [1.807, 2.05) is 7.05 Å². The summed E-state index contributed by atoms with van der Waals surface area (Å²) in [5.74, 6) is -0.802. The third-order valence-corrected chi connectivity index (χ3v) is 4.45. The first-order valence-electron chi connectivity index (χ1n) is 7.44. The van der Waals surface area contributed by atoms with Crippen LogP contribution in [0.1, 0.15) is 5.56 Å². The van der Waals surface area contributed by atoms with E-state index in [1.54, 1.807) is 16.7 Å². The summed E-state index contributed by atoms with van der Waals surface area (Å²) < 4.78 is 5.76. The van der Waals surface area contributed by atoms with Crippen LogP contribution in [0.2, 0.25) is 0 Å². The van der Waals surface area contributed by atoms with E-state index in [1.165, 1.54) is 10.5 Å². The summed E-state index contributed by atoms with van der Waals surface area (Å²) in [6.45, 7) is 4.08. The highest BCUT2D eigenvalue weighted by Gasteiger charge is 2.22. The molecule has 2 rings (SSSR count). The van der Waals surface area contributed by atoms with Gasteiger partial charge in [0, 0.05) is 31.1 Å². The molecule has 22 heavy (non-hydrogen) atoms. The standard InChI is InChI=1S/C16H24N2O3S/c1-17(12-16(19)20)10-14-11-18(7-8-21-14)9-13-3-5-15(22-2)6-4-13/h3-6,14H,7-12H2,1-2H3,(H,19,20). The van der Waals surface area contributed by atoms with E-state index >= 15 is 0 Å². The lowest BCUT2D eigenvalue weighted by Crippen LogP contribution is -2.47. The number of nitrogens with zero attached hydrogens (tertiary/aromatic N) is 2. The van der Waals surface area contributed by atoms with Crippen molar-refractivity contribution in [2.45, 2.75) is 17.5 Å². The first kappa shape index (κ1) is 17.3. The molecule has 0 bridgehead atoms. The first-order valence-corrected chi connectivity index (χ1v) is 8.66. The van der Waals surface area contributed by atoms with Gasteiger partial charge < -0.3 is 9.84 Å². The SMILES string of the molecule is CSc1ccc(CN2CCOC(CN(C)CC(=O)O)C2)cc1. The van der Waals surface area contributed by atoms with Gasteiger partial charge in [-0.15, -0.1) is 11.8 Å². The second-order valence-corrected chi connectivity index (χ2v) is 6.55. The Labute approximate surface area is 136 Å². The van der Waals surface area contributed by atoms with Crippen molar-refractivity contribution in [2.24, 2.45) is 0 Å². The van der Waals surface area contributed by atoms with Gasteiger partial charge in [-0.1, -0.05) is 12.1 Å². The Kier molecular flexibility index (Phi) is 6.70. The zero-order valence-electron chi connectivity index (χ0n) is 13.2. The molecule has 1 aliphatic rings. The molecule has 1 N–H and O–H groups in total. The highest BCUT2D eigenvalue weighted by molar-refractivity contribution is 7.98. The zero-order chi connectivity index (χ0) is 15.9. The van der Waals surface area contributed by atoms with Gasteiger partial charge >= 0.3 is 5.97 Å². The molecule has 0 aromatic heterocycles. The van der Waals surface area contributed by atoms with Gasteiger partial charge in [-0.05, 0) is 31.0 Å². The average Bonchev–Trinajstić information content (AvgIpc) is 2.47. The fourth-order valence-electron chi connectivity index (χ4n) is 2.67. The minimum Gasteiger partial charge on any atom is -0.480 e. The van der Waals surface area contributed by atoms with Crippen LogP contribution >= 0.6 is 11.8 Å². The predicted molar refractivity (Wildman–Crippen MR) is 88.4 cm³/mol. The van der Waals surface area contributed by atoms with Crippen LogP contribution in [0.5, 0.6) is 0 Å². The van der Waals surface area contributed by atoms with Gasteiger partial charge in [0.15, 0.2) is 0 Å². The van der Waals surface area contributed by atoms with E-state index < -0.39 is 5.97 Å². The van der Waals surface area contributed by atoms with Crippen molar-refractivity contribution in [3.63, 3.8) is 0 Å². The number of carbonyl (C=O) groups is 1. The van der Waals surface area contributed by atoms with Gasteiger partial charge in [0.1, 0.15) is 0 Å². The Morgan fingerprint density at radius 1 is 1.45 bits per heavy atom. The van der Waals surface area contributed by atoms with Crippen molar-refractivity contribution < 1.29 is 14.6 Å². The number of hydrogen-bond donors (Lipinski definition) is 1. The van der Waals surface area contributed by atoms with Gasteiger partial charge in [0.05, 0.1) is 19.3 Å². The van der Waals surface area contributed by atoms with Crippen molar-refractivity contribution in [3.8, 4) is 0 Å². The van der Waals surface area contributed by atoms with Crippen molar-refractivity contribution in [1.82, 2.24) is 9.80 Å². The summed E-state index contributed by atoms with van der Waals surface area (Å²) >= 11 is 1.75. The van der Waals surface area contributed by atoms with Gasteiger partial charge in [0.2, 0.25) is 0 Å². The number of hydrogen-bond acceptors (Lipinski definition) is 5. The Morgan fingerprint density at radius 2 is 2.18 bits per heavy atom. The minimum atomic E-state index is -0.802. The average molecular weight is 324 g/mol. The Bertz CT molecular complexity index is 481. The summed E-state index contributed by atoms with van der Waals surface area (Å²) in [4.78, 5) is 16.2. The van der Waals surface area contributed by atoms with Crippen LogP contribution in [0.4, 0.5) is 0 Å². The molecular formula is C16H24N2O3S. The monoisotopic (exact) mass is 324 g/mol. The number of thioether (sulfide) groups is 1. The van der Waals surface area contributed by atoms with E-state index in [4.69, 9.17) is 9.84 Å². The van der Waals surface area contributed by atoms with Gasteiger partial charge in [-0.25, -0.2) is 0 Å². The lowest BCUT2D eigenvalue weighted by molar-refractivity contribution is -0.138. The second kappa shape index (κ2) is 8.53. The fraction of sp³-hybridized carbons (Fsp3) is 0.562. The summed E-state index contributed by atoms with van der Waals surface area (Å²) in [5.41, 5.74) is 1.30. The maximum absolute atomic E-state index is 10.7. The van der Waals surface area contributed by atoms with E-state index in [-0.39, 0.29) is 12.6 Å². The van der Waals surface area contributed by atoms with Crippen LogP contribution in [0, 0.1) is 0 Å². The number of aliphatic carboxylic acids is 1. The number of carboxylic acid groups (broad SMARTS) is 1. The number of benzene rings is 1. The molecule has 1 aromatic carbocycles. The molecule has 1 heterocycles. The van der Waals surface area contributed by atoms with E-state index in [0.29, 0.717) is 13.2 Å². The van der Waals surface area contributed by atoms with Crippen molar-refractivity contribution in [2.75, 3.05) is 46.1 Å². The molecule has 1 fully saturated rings. The molecule has 6 heteroatoms. The molecule has 5 nitrogen and oxygen atoms in total. The number of ether oxygens (including phenoxy) is 1. The second-order valence-electron chi connectivity index (χ2n) is 5.67. The quantitative estimate of drug-likeness (QED) is 0.769. The van der Waals surface area contributed by atoms with Crippen LogP contribution in [-0.2, 0) is 16.1 Å². The smallest absolute Gasteiger partial charge is 0.317 e. The van der Waals surface area contributed by atoms with Crippen molar-refractivity contribution in [3.05, 3.63) is 29.8 Å². The highest BCUT2D eigenvalue weighted by Crippen LogP contribution is 2.17. The van der Waals surface area contributed by atoms with E-state index in [9.17, 15) is 4.79 Å². The highest BCUT2D eigenvalue weighted by atomic mass is 32.2. The largest absolute Gasteiger partial charge is 0.480 e. The molecule has 1 unspecified atom stereocenters. The number of rotatable bonds is 7. The summed E-state index contributed by atoms with van der Waals surface area (Å²) in [6, 6.07) is 8.65. The molecule has 0 radical (unpaired) electrons. The molecule has 122 valence electrons. The lowest BCUT2D eigenvalue weighted by Gasteiger charge is -2.34. The molecule has 0 saturated carbocycles. The van der Waals surface area contributed by atoms with Crippen molar-refractivity contribution in [1.29, 1.82) is 0 Å². The van der Waals surface area contributed by atoms with Gasteiger partial charge in [-0.2, -0.15) is 0 Å². The first-order chi connectivity index (χ1) is 10.6. The van der Waals surface area contributed by atoms with Gasteiger partial charge in [0.25, 0.3) is 0 Å². The molecule has 1 aromatic rings. The minimum absolute atomic E-state index is 0.0516. The molecule has 1 saturated heterocycles. The van der Waals surface area contributed by atoms with Crippen LogP contribution in [-0.4, -0.2) is 73.1 Å². The Morgan fingerprint density at radius 3 is 2.82 bits per heavy atom. The van der Waals surface area contributed by atoms with Gasteiger partial charge in [-0.3, -0.25) is 14.6 Å². The number of likely N-dealkylation sites (N-methyl/N-ethyl adjacent to an activating group) is 1. The number of carboxylic acids is 1. The molecule has 1 atom stereocenters. The summed E-state index contributed by atoms with van der Waals surface area (Å²) in [6.07, 6.45) is 2.15. The molecule has 0 spiro atoms. The lowest BCUT2D eigenvalue weighted by atomic mass is 10.2. The van der Waals surface area contributed by atoms with Crippen molar-refractivity contribution >= 4 is 17.7 Å². The van der Waals surface area contributed by atoms with Crippen LogP contribution in [0.15, 0.2) is 29.2 Å². The van der Waals surface area contributed by atoms with Crippen LogP contribution < -0.4 is 0 Å². The predicted octanol–water partition coefficient (Wildman–Crippen LogP) is 1.63. The molecule has 0 aliphatic carbocycles.